The molecule has 6 N–H and O–H groups in total. The Balaban J connectivity index is 0.000000747. The van der Waals surface area contributed by atoms with Crippen LogP contribution in [-0.2, 0) is 14.3 Å². The molecule has 280 valence electrons. The predicted octanol–water partition coefficient (Wildman–Crippen LogP) is 7.62. The summed E-state index contributed by atoms with van der Waals surface area (Å²) in [7, 11) is 0. The highest BCUT2D eigenvalue weighted by Gasteiger charge is 2.49. The maximum absolute atomic E-state index is 11.8. The molecular formula is C39H70ClNO7. The number of rotatable bonds is 10. The van der Waals surface area contributed by atoms with Gasteiger partial charge in [-0.05, 0) is 117 Å². The van der Waals surface area contributed by atoms with Gasteiger partial charge < -0.3 is 35.6 Å². The second-order valence-corrected chi connectivity index (χ2v) is 15.0. The van der Waals surface area contributed by atoms with Gasteiger partial charge in [-0.2, -0.15) is 0 Å². The van der Waals surface area contributed by atoms with Crippen LogP contribution in [0.1, 0.15) is 113 Å². The van der Waals surface area contributed by atoms with Crippen LogP contribution >= 0.6 is 11.6 Å². The molecule has 0 spiro atoms. The maximum Gasteiger partial charge on any atom is 0.204 e. The molecule has 0 radical (unpaired) electrons. The highest BCUT2D eigenvalue weighted by atomic mass is 35.5. The molecule has 48 heavy (non-hydrogen) atoms. The number of carbonyl (C=O) groups excluding carboxylic acids is 1. The van der Waals surface area contributed by atoms with Crippen LogP contribution in [0.4, 0.5) is 0 Å². The summed E-state index contributed by atoms with van der Waals surface area (Å²) in [5.74, 6) is 2.62. The molecule has 4 rings (SSSR count). The molecule has 7 unspecified atom stereocenters. The van der Waals surface area contributed by atoms with E-state index in [9.17, 15) is 15.3 Å². The fraction of sp³-hybridized carbons (Fsp3) is 0.821. The van der Waals surface area contributed by atoms with Crippen LogP contribution in [0.25, 0.3) is 0 Å². The molecule has 1 amide bonds. The third-order valence-corrected chi connectivity index (χ3v) is 11.4. The molecule has 1 heterocycles. The fourth-order valence-corrected chi connectivity index (χ4v) is 8.63. The number of hydrogen-bond acceptors (Lipinski definition) is 7. The van der Waals surface area contributed by atoms with Crippen LogP contribution in [-0.4, -0.2) is 70.6 Å². The van der Waals surface area contributed by atoms with Crippen molar-refractivity contribution in [2.45, 2.75) is 137 Å². The van der Waals surface area contributed by atoms with Crippen molar-refractivity contribution >= 4 is 18.0 Å². The summed E-state index contributed by atoms with van der Waals surface area (Å²) >= 11 is 5.50. The van der Waals surface area contributed by atoms with Gasteiger partial charge in [0, 0.05) is 18.2 Å². The van der Waals surface area contributed by atoms with Crippen LogP contribution in [0.15, 0.2) is 24.3 Å². The summed E-state index contributed by atoms with van der Waals surface area (Å²) in [5.41, 5.74) is 3.21. The van der Waals surface area contributed by atoms with Gasteiger partial charge in [-0.25, -0.2) is 0 Å². The molecule has 2 saturated carbocycles. The molecule has 0 bridgehead atoms. The van der Waals surface area contributed by atoms with E-state index in [-0.39, 0.29) is 36.0 Å². The molecule has 3 fully saturated rings. The van der Waals surface area contributed by atoms with E-state index >= 15 is 0 Å². The summed E-state index contributed by atoms with van der Waals surface area (Å²) in [6.45, 7) is 18.9. The SMILES string of the molecule is CC.CCCC(C)OC[C@@]1(O)C[C@H](C)CC[C@H]1C(C)C(O)C(O)C(C)[C@@H]1CC[C@@H](C)C2CCCOCC21.NC=O.Oc1ccc(Cl)cc1. The standard InChI is InChI=1S/C30H56O5.C6H5ClO.C2H6.CH3NO/c1-7-9-21(4)35-18-30(33)16-19(2)11-14-27(30)23(6)29(32)28(31)22(5)25-13-12-20(3)24-10-8-15-34-17-26(24)25;7-5-1-3-6(8)4-2-5;1-2;2-1-3/h19-29,31-33H,7-18H2,1-6H3;1-4,8H;1-2H3;1H,(H2,2,3)/t19-,20-,21?,22?,23?,24?,25+,26?,27+,28?,29?,30+;;;/m1.../s1. The predicted molar refractivity (Wildman–Crippen MR) is 196 cm³/mol. The quantitative estimate of drug-likeness (QED) is 0.158. The average Bonchev–Trinajstić information content (AvgIpc) is 3.33. The molecule has 0 aromatic heterocycles. The highest BCUT2D eigenvalue weighted by Crippen LogP contribution is 2.48. The van der Waals surface area contributed by atoms with Gasteiger partial charge in [0.2, 0.25) is 6.41 Å². The van der Waals surface area contributed by atoms with Crippen LogP contribution in [0, 0.1) is 47.3 Å². The van der Waals surface area contributed by atoms with Gasteiger partial charge in [-0.3, -0.25) is 4.79 Å². The number of ether oxygens (including phenoxy) is 2. The summed E-state index contributed by atoms with van der Waals surface area (Å²) in [6, 6.07) is 6.36. The van der Waals surface area contributed by atoms with E-state index in [1.807, 2.05) is 20.8 Å². The van der Waals surface area contributed by atoms with Crippen molar-refractivity contribution < 1.29 is 34.7 Å². The molecule has 1 saturated heterocycles. The Kier molecular flexibility index (Phi) is 21.5. The second kappa shape index (κ2) is 23.1. The van der Waals surface area contributed by atoms with Crippen molar-refractivity contribution in [3.63, 3.8) is 0 Å². The topological polar surface area (TPSA) is 142 Å². The average molecular weight is 700 g/mol. The number of aromatic hydroxyl groups is 1. The number of benzene rings is 1. The Morgan fingerprint density at radius 2 is 1.60 bits per heavy atom. The Bertz CT molecular complexity index is 963. The van der Waals surface area contributed by atoms with Gasteiger partial charge in [-0.15, -0.1) is 0 Å². The Hall–Kier alpha value is -1.42. The Morgan fingerprint density at radius 3 is 2.19 bits per heavy atom. The Morgan fingerprint density at radius 1 is 1.00 bits per heavy atom. The first-order valence-electron chi connectivity index (χ1n) is 18.7. The van der Waals surface area contributed by atoms with Gasteiger partial charge in [0.15, 0.2) is 0 Å². The molecule has 1 aromatic rings. The normalized spacial score (nSPS) is 31.6. The first-order chi connectivity index (χ1) is 22.8. The summed E-state index contributed by atoms with van der Waals surface area (Å²) in [4.78, 5) is 8.58. The first kappa shape index (κ1) is 44.6. The van der Waals surface area contributed by atoms with E-state index in [0.717, 1.165) is 51.7 Å². The van der Waals surface area contributed by atoms with Crippen molar-refractivity contribution in [3.05, 3.63) is 29.3 Å². The number of hydrogen-bond donors (Lipinski definition) is 5. The largest absolute Gasteiger partial charge is 0.508 e. The van der Waals surface area contributed by atoms with E-state index in [2.05, 4.69) is 40.4 Å². The van der Waals surface area contributed by atoms with Gasteiger partial charge in [0.05, 0.1) is 30.5 Å². The molecule has 12 atom stereocenters. The van der Waals surface area contributed by atoms with Crippen molar-refractivity contribution in [1.29, 1.82) is 0 Å². The van der Waals surface area contributed by atoms with Crippen LogP contribution in [0.5, 0.6) is 5.75 Å². The number of phenols is 1. The second-order valence-electron chi connectivity index (χ2n) is 14.6. The minimum atomic E-state index is -0.955. The van der Waals surface area contributed by atoms with Gasteiger partial charge in [-0.1, -0.05) is 79.3 Å². The minimum Gasteiger partial charge on any atom is -0.508 e. The van der Waals surface area contributed by atoms with E-state index in [0.29, 0.717) is 47.6 Å². The summed E-state index contributed by atoms with van der Waals surface area (Å²) < 4.78 is 12.1. The molecule has 2 aliphatic carbocycles. The smallest absolute Gasteiger partial charge is 0.204 e. The van der Waals surface area contributed by atoms with Crippen molar-refractivity contribution in [1.82, 2.24) is 0 Å². The number of halogens is 1. The lowest BCUT2D eigenvalue weighted by molar-refractivity contribution is -0.165. The number of aliphatic hydroxyl groups excluding tert-OH is 2. The van der Waals surface area contributed by atoms with E-state index in [4.69, 9.17) is 31.0 Å². The summed E-state index contributed by atoms with van der Waals surface area (Å²) in [5, 5.41) is 44.1. The zero-order valence-corrected chi connectivity index (χ0v) is 31.9. The number of carbonyl (C=O) groups is 1. The van der Waals surface area contributed by atoms with Gasteiger partial charge in [0.1, 0.15) is 5.75 Å². The van der Waals surface area contributed by atoms with Crippen LogP contribution in [0.3, 0.4) is 0 Å². The monoisotopic (exact) mass is 699 g/mol. The third-order valence-electron chi connectivity index (χ3n) is 11.2. The van der Waals surface area contributed by atoms with Crippen molar-refractivity contribution in [3.8, 4) is 5.75 Å². The lowest BCUT2D eigenvalue weighted by atomic mass is 9.60. The lowest BCUT2D eigenvalue weighted by Gasteiger charge is -2.48. The number of fused-ring (bicyclic) bond motifs is 1. The first-order valence-corrected chi connectivity index (χ1v) is 19.0. The Labute approximate surface area is 297 Å². The van der Waals surface area contributed by atoms with Crippen LogP contribution < -0.4 is 5.73 Å². The van der Waals surface area contributed by atoms with Crippen LogP contribution in [0.2, 0.25) is 5.02 Å². The van der Waals surface area contributed by atoms with Gasteiger partial charge >= 0.3 is 0 Å². The fourth-order valence-electron chi connectivity index (χ4n) is 8.50. The third kappa shape index (κ3) is 13.7. The molecule has 8 nitrogen and oxygen atoms in total. The number of primary amides is 1. The molecule has 1 aliphatic heterocycles. The zero-order valence-electron chi connectivity index (χ0n) is 31.2. The van der Waals surface area contributed by atoms with Gasteiger partial charge in [0.25, 0.3) is 0 Å². The van der Waals surface area contributed by atoms with E-state index in [1.165, 1.54) is 12.8 Å². The molecule has 1 aromatic carbocycles. The molecule has 9 heteroatoms. The number of phenolic OH excluding ortho intramolecular Hbond substituents is 1. The highest BCUT2D eigenvalue weighted by molar-refractivity contribution is 6.30. The van der Waals surface area contributed by atoms with Crippen molar-refractivity contribution in [2.24, 2.45) is 53.1 Å². The van der Waals surface area contributed by atoms with E-state index < -0.39 is 17.8 Å². The van der Waals surface area contributed by atoms with Crippen molar-refractivity contribution in [2.75, 3.05) is 19.8 Å². The number of nitrogens with two attached hydrogens (primary N) is 1. The molecular weight excluding hydrogens is 630 g/mol. The lowest BCUT2D eigenvalue weighted by Crippen LogP contribution is -2.54. The van der Waals surface area contributed by atoms with E-state index in [1.54, 1.807) is 24.3 Å². The zero-order chi connectivity index (χ0) is 36.4. The molecule has 3 aliphatic rings. The maximum atomic E-state index is 11.8. The number of aliphatic hydroxyl groups is 3. The minimum absolute atomic E-state index is 0.00517. The number of amides is 1. The summed E-state index contributed by atoms with van der Waals surface area (Å²) in [6.07, 6.45) is 8.01.